The van der Waals surface area contributed by atoms with Gasteiger partial charge in [0.05, 0.1) is 11.1 Å². The van der Waals surface area contributed by atoms with Gasteiger partial charge in [-0.05, 0) is 24.3 Å². The fourth-order valence-electron chi connectivity index (χ4n) is 3.09. The van der Waals surface area contributed by atoms with Crippen molar-refractivity contribution in [3.05, 3.63) is 71.8 Å². The van der Waals surface area contributed by atoms with Crippen molar-refractivity contribution in [3.8, 4) is 0 Å². The summed E-state index contributed by atoms with van der Waals surface area (Å²) in [6.45, 7) is 0.678. The summed E-state index contributed by atoms with van der Waals surface area (Å²) in [5.74, 6) is -2.20. The molecule has 1 aliphatic heterocycles. The van der Waals surface area contributed by atoms with Gasteiger partial charge in [-0.3, -0.25) is 4.79 Å². The average Bonchev–Trinajstić information content (AvgIpc) is 2.78. The average molecular weight is 430 g/mol. The molecular weight excluding hydrogens is 408 g/mol. The SMILES string of the molecule is CC(=O)O[C@@H]1[C@@H](O)[C@@H](O)O[C@H](COC(=O)c2ccccc2)[C@H]1OC(=O)c1ccccc1. The summed E-state index contributed by atoms with van der Waals surface area (Å²) in [4.78, 5) is 36.4. The zero-order chi connectivity index (χ0) is 22.4. The molecule has 31 heavy (non-hydrogen) atoms. The van der Waals surface area contributed by atoms with E-state index in [1.165, 1.54) is 12.1 Å². The fraction of sp³-hybridized carbons (Fsp3) is 0.318. The van der Waals surface area contributed by atoms with Crippen LogP contribution in [0.5, 0.6) is 0 Å². The van der Waals surface area contributed by atoms with Gasteiger partial charge in [0.15, 0.2) is 18.5 Å². The van der Waals surface area contributed by atoms with E-state index in [9.17, 15) is 24.6 Å². The van der Waals surface area contributed by atoms with Gasteiger partial charge in [-0.2, -0.15) is 0 Å². The molecule has 0 unspecified atom stereocenters. The van der Waals surface area contributed by atoms with Crippen molar-refractivity contribution >= 4 is 17.9 Å². The van der Waals surface area contributed by atoms with E-state index in [4.69, 9.17) is 18.9 Å². The first-order chi connectivity index (χ1) is 14.9. The van der Waals surface area contributed by atoms with Crippen LogP contribution in [0, 0.1) is 0 Å². The minimum atomic E-state index is -1.75. The van der Waals surface area contributed by atoms with E-state index in [0.29, 0.717) is 0 Å². The molecule has 1 aliphatic rings. The zero-order valence-electron chi connectivity index (χ0n) is 16.6. The van der Waals surface area contributed by atoms with E-state index in [1.807, 2.05) is 0 Å². The minimum absolute atomic E-state index is 0.213. The summed E-state index contributed by atoms with van der Waals surface area (Å²) in [6, 6.07) is 16.2. The van der Waals surface area contributed by atoms with Crippen LogP contribution in [0.2, 0.25) is 0 Å². The van der Waals surface area contributed by atoms with Crippen LogP contribution in [0.3, 0.4) is 0 Å². The topological polar surface area (TPSA) is 129 Å². The minimum Gasteiger partial charge on any atom is -0.459 e. The van der Waals surface area contributed by atoms with Gasteiger partial charge in [-0.1, -0.05) is 36.4 Å². The number of aliphatic hydroxyl groups is 2. The molecule has 2 N–H and O–H groups in total. The third-order valence-corrected chi connectivity index (χ3v) is 4.58. The highest BCUT2D eigenvalue weighted by Crippen LogP contribution is 2.26. The van der Waals surface area contributed by atoms with Gasteiger partial charge >= 0.3 is 17.9 Å². The lowest BCUT2D eigenvalue weighted by Crippen LogP contribution is -2.61. The number of hydrogen-bond donors (Lipinski definition) is 2. The van der Waals surface area contributed by atoms with Crippen LogP contribution in [0.25, 0.3) is 0 Å². The molecule has 0 bridgehead atoms. The lowest BCUT2D eigenvalue weighted by molar-refractivity contribution is -0.288. The Morgan fingerprint density at radius 3 is 1.94 bits per heavy atom. The summed E-state index contributed by atoms with van der Waals surface area (Å²) in [5, 5.41) is 20.3. The van der Waals surface area contributed by atoms with E-state index in [0.717, 1.165) is 6.92 Å². The van der Waals surface area contributed by atoms with Gasteiger partial charge in [-0.15, -0.1) is 0 Å². The monoisotopic (exact) mass is 430 g/mol. The Bertz CT molecular complexity index is 900. The van der Waals surface area contributed by atoms with E-state index >= 15 is 0 Å². The summed E-state index contributed by atoms with van der Waals surface area (Å²) in [7, 11) is 0. The van der Waals surface area contributed by atoms with Crippen LogP contribution < -0.4 is 0 Å². The maximum atomic E-state index is 12.6. The Kier molecular flexibility index (Phi) is 7.35. The predicted octanol–water partition coefficient (Wildman–Crippen LogP) is 1.08. The quantitative estimate of drug-likeness (QED) is 0.511. The van der Waals surface area contributed by atoms with Crippen LogP contribution in [0.1, 0.15) is 27.6 Å². The Balaban J connectivity index is 1.80. The normalized spacial score (nSPS) is 25.3. The fourth-order valence-corrected chi connectivity index (χ4v) is 3.09. The molecule has 9 nitrogen and oxygen atoms in total. The molecule has 0 amide bonds. The highest BCUT2D eigenvalue weighted by molar-refractivity contribution is 5.90. The van der Waals surface area contributed by atoms with E-state index in [-0.39, 0.29) is 11.1 Å². The van der Waals surface area contributed by atoms with Crippen molar-refractivity contribution < 1.29 is 43.5 Å². The van der Waals surface area contributed by atoms with Crippen molar-refractivity contribution in [2.24, 2.45) is 0 Å². The Hall–Kier alpha value is -3.27. The van der Waals surface area contributed by atoms with E-state index < -0.39 is 55.2 Å². The van der Waals surface area contributed by atoms with Gasteiger partial charge < -0.3 is 29.2 Å². The maximum Gasteiger partial charge on any atom is 0.338 e. The molecule has 0 aromatic heterocycles. The largest absolute Gasteiger partial charge is 0.459 e. The van der Waals surface area contributed by atoms with Crippen LogP contribution >= 0.6 is 0 Å². The van der Waals surface area contributed by atoms with Crippen molar-refractivity contribution in [2.75, 3.05) is 6.61 Å². The van der Waals surface area contributed by atoms with Gasteiger partial charge in [-0.25, -0.2) is 9.59 Å². The number of aliphatic hydroxyl groups excluding tert-OH is 2. The molecule has 2 aromatic carbocycles. The van der Waals surface area contributed by atoms with Gasteiger partial charge in [0.2, 0.25) is 0 Å². The van der Waals surface area contributed by atoms with Crippen LogP contribution in [-0.2, 0) is 23.7 Å². The summed E-state index contributed by atoms with van der Waals surface area (Å²) in [5.41, 5.74) is 0.498. The number of benzene rings is 2. The van der Waals surface area contributed by atoms with E-state index in [1.54, 1.807) is 48.5 Å². The van der Waals surface area contributed by atoms with Gasteiger partial charge in [0.25, 0.3) is 0 Å². The Morgan fingerprint density at radius 2 is 1.39 bits per heavy atom. The number of carbonyl (C=O) groups is 3. The van der Waals surface area contributed by atoms with Gasteiger partial charge in [0, 0.05) is 6.92 Å². The first kappa shape index (κ1) is 22.4. The first-order valence-electron chi connectivity index (χ1n) is 9.54. The maximum absolute atomic E-state index is 12.6. The highest BCUT2D eigenvalue weighted by Gasteiger charge is 2.49. The second-order valence-corrected chi connectivity index (χ2v) is 6.83. The van der Waals surface area contributed by atoms with Crippen molar-refractivity contribution in [1.82, 2.24) is 0 Å². The molecule has 3 rings (SSSR count). The van der Waals surface area contributed by atoms with Crippen molar-refractivity contribution in [2.45, 2.75) is 37.6 Å². The number of rotatable bonds is 6. The number of carbonyl (C=O) groups excluding carboxylic acids is 3. The third kappa shape index (κ3) is 5.66. The summed E-state index contributed by atoms with van der Waals surface area (Å²) < 4.78 is 21.1. The lowest BCUT2D eigenvalue weighted by atomic mass is 9.98. The first-order valence-corrected chi connectivity index (χ1v) is 9.54. The molecule has 1 saturated heterocycles. The second kappa shape index (κ2) is 10.2. The summed E-state index contributed by atoms with van der Waals surface area (Å²) >= 11 is 0. The molecule has 0 aliphatic carbocycles. The second-order valence-electron chi connectivity index (χ2n) is 6.83. The lowest BCUT2D eigenvalue weighted by Gasteiger charge is -2.41. The molecular formula is C22H22O9. The third-order valence-electron chi connectivity index (χ3n) is 4.58. The smallest absolute Gasteiger partial charge is 0.338 e. The number of ether oxygens (including phenoxy) is 4. The summed E-state index contributed by atoms with van der Waals surface area (Å²) in [6.07, 6.45) is -7.43. The predicted molar refractivity (Wildman–Crippen MR) is 105 cm³/mol. The zero-order valence-corrected chi connectivity index (χ0v) is 16.6. The van der Waals surface area contributed by atoms with E-state index in [2.05, 4.69) is 0 Å². The molecule has 1 fully saturated rings. The molecule has 5 atom stereocenters. The number of esters is 3. The van der Waals surface area contributed by atoms with Crippen LogP contribution in [0.15, 0.2) is 60.7 Å². The highest BCUT2D eigenvalue weighted by atomic mass is 16.7. The van der Waals surface area contributed by atoms with Crippen molar-refractivity contribution in [1.29, 1.82) is 0 Å². The Labute approximate surface area is 178 Å². The standard InChI is InChI=1S/C22H22O9/c1-13(23)29-19-17(24)22(27)30-16(12-28-20(25)14-8-4-2-5-9-14)18(19)31-21(26)15-10-6-3-7-11-15/h2-11,16-19,22,24,27H,12H2,1H3/t16-,17-,18-,19-,22+/m1/s1. The molecule has 9 heteroatoms. The van der Waals surface area contributed by atoms with Crippen molar-refractivity contribution in [3.63, 3.8) is 0 Å². The number of hydrogen-bond acceptors (Lipinski definition) is 9. The molecule has 164 valence electrons. The van der Waals surface area contributed by atoms with Gasteiger partial charge in [0.1, 0.15) is 18.8 Å². The van der Waals surface area contributed by atoms with Crippen LogP contribution in [0.4, 0.5) is 0 Å². The Morgan fingerprint density at radius 1 is 0.839 bits per heavy atom. The molecule has 1 heterocycles. The van der Waals surface area contributed by atoms with Crippen LogP contribution in [-0.4, -0.2) is 65.4 Å². The molecule has 2 aromatic rings. The molecule has 0 spiro atoms. The molecule has 0 radical (unpaired) electrons. The molecule has 0 saturated carbocycles.